The van der Waals surface area contributed by atoms with Crippen LogP contribution in [-0.2, 0) is 4.79 Å². The molecule has 2 rings (SSSR count). The number of nitrogens with one attached hydrogen (secondary N) is 2. The van der Waals surface area contributed by atoms with Gasteiger partial charge in [0.2, 0.25) is 5.91 Å². The Balaban J connectivity index is 1.70. The minimum Gasteiger partial charge on any atom is -0.356 e. The number of hydrogen-bond acceptors (Lipinski definition) is 2. The van der Waals surface area contributed by atoms with Crippen molar-refractivity contribution in [3.63, 3.8) is 0 Å². The van der Waals surface area contributed by atoms with Gasteiger partial charge < -0.3 is 15.5 Å². The molecular formula is C20H32N4O. The molecule has 2 N–H and O–H groups in total. The number of carbonyl (C=O) groups excluding carboxylic acids is 1. The van der Waals surface area contributed by atoms with Crippen molar-refractivity contribution >= 4 is 11.9 Å². The molecular weight excluding hydrogens is 312 g/mol. The van der Waals surface area contributed by atoms with Crippen molar-refractivity contribution in [2.45, 2.75) is 51.5 Å². The Labute approximate surface area is 151 Å². The van der Waals surface area contributed by atoms with Crippen molar-refractivity contribution in [3.05, 3.63) is 35.9 Å². The summed E-state index contributed by atoms with van der Waals surface area (Å²) in [5.74, 6) is 1.39. The Bertz CT molecular complexity index is 558. The molecule has 1 aromatic carbocycles. The smallest absolute Gasteiger partial charge is 0.224 e. The third kappa shape index (κ3) is 6.07. The molecule has 1 amide bonds. The van der Waals surface area contributed by atoms with E-state index < -0.39 is 0 Å². The number of aliphatic imine (C=N–C) groups is 1. The zero-order valence-electron chi connectivity index (χ0n) is 15.8. The van der Waals surface area contributed by atoms with Crippen LogP contribution in [0.1, 0.15) is 51.0 Å². The lowest BCUT2D eigenvalue weighted by Gasteiger charge is -2.33. The van der Waals surface area contributed by atoms with E-state index >= 15 is 0 Å². The average Bonchev–Trinajstić information content (AvgIpc) is 2.65. The van der Waals surface area contributed by atoms with Crippen LogP contribution in [0, 0.1) is 0 Å². The summed E-state index contributed by atoms with van der Waals surface area (Å²) in [6, 6.07) is 10.8. The summed E-state index contributed by atoms with van der Waals surface area (Å²) in [6.45, 7) is 6.66. The maximum Gasteiger partial charge on any atom is 0.224 e. The molecule has 0 aromatic heterocycles. The monoisotopic (exact) mass is 344 g/mol. The normalized spacial score (nSPS) is 19.4. The summed E-state index contributed by atoms with van der Waals surface area (Å²) in [5.41, 5.74) is 1.31. The van der Waals surface area contributed by atoms with E-state index in [-0.39, 0.29) is 5.91 Å². The highest BCUT2D eigenvalue weighted by atomic mass is 16.2. The van der Waals surface area contributed by atoms with Gasteiger partial charge in [-0.25, -0.2) is 0 Å². The molecule has 5 heteroatoms. The molecule has 1 aliphatic rings. The van der Waals surface area contributed by atoms with Gasteiger partial charge in [-0.1, -0.05) is 37.3 Å². The summed E-state index contributed by atoms with van der Waals surface area (Å²) in [4.78, 5) is 18.6. The van der Waals surface area contributed by atoms with Crippen LogP contribution in [0.3, 0.4) is 0 Å². The summed E-state index contributed by atoms with van der Waals surface area (Å²) in [5, 5.41) is 6.60. The van der Waals surface area contributed by atoms with Gasteiger partial charge >= 0.3 is 0 Å². The van der Waals surface area contributed by atoms with Crippen molar-refractivity contribution in [3.8, 4) is 0 Å². The van der Waals surface area contributed by atoms with Crippen LogP contribution in [0.4, 0.5) is 0 Å². The van der Waals surface area contributed by atoms with Crippen molar-refractivity contribution in [2.24, 2.45) is 4.99 Å². The molecule has 0 saturated carbocycles. The van der Waals surface area contributed by atoms with Crippen LogP contribution in [0.15, 0.2) is 35.3 Å². The first-order valence-electron chi connectivity index (χ1n) is 9.40. The highest BCUT2D eigenvalue weighted by Crippen LogP contribution is 2.17. The molecule has 0 aliphatic carbocycles. The number of likely N-dealkylation sites (tertiary alicyclic amines) is 1. The van der Waals surface area contributed by atoms with Gasteiger partial charge in [-0.15, -0.1) is 0 Å². The lowest BCUT2D eigenvalue weighted by molar-refractivity contribution is -0.134. The van der Waals surface area contributed by atoms with Gasteiger partial charge in [0.25, 0.3) is 0 Å². The number of rotatable bonds is 6. The molecule has 0 radical (unpaired) electrons. The molecule has 1 aliphatic heterocycles. The summed E-state index contributed by atoms with van der Waals surface area (Å²) in [7, 11) is 1.76. The van der Waals surface area contributed by atoms with Gasteiger partial charge in [-0.3, -0.25) is 9.79 Å². The van der Waals surface area contributed by atoms with Crippen molar-refractivity contribution in [1.29, 1.82) is 0 Å². The maximum absolute atomic E-state index is 12.4. The molecule has 2 unspecified atom stereocenters. The molecule has 25 heavy (non-hydrogen) atoms. The van der Waals surface area contributed by atoms with Crippen LogP contribution >= 0.6 is 0 Å². The first-order valence-corrected chi connectivity index (χ1v) is 9.40. The molecule has 1 heterocycles. The summed E-state index contributed by atoms with van der Waals surface area (Å²) in [6.07, 6.45) is 4.00. The zero-order chi connectivity index (χ0) is 18.1. The van der Waals surface area contributed by atoms with E-state index in [1.54, 1.807) is 7.05 Å². The standard InChI is InChI=1S/C20H32N4O/c1-16(18-10-5-4-6-11-18)15-23-20(21-3)22-13-12-19(25)24-14-8-7-9-17(24)2/h4-6,10-11,16-17H,7-9,12-15H2,1-3H3,(H2,21,22,23). The van der Waals surface area contributed by atoms with Gasteiger partial charge in [-0.05, 0) is 37.7 Å². The van der Waals surface area contributed by atoms with Gasteiger partial charge in [0.1, 0.15) is 0 Å². The summed E-state index contributed by atoms with van der Waals surface area (Å²) >= 11 is 0. The molecule has 138 valence electrons. The largest absolute Gasteiger partial charge is 0.356 e. The fourth-order valence-corrected chi connectivity index (χ4v) is 3.27. The number of nitrogens with zero attached hydrogens (tertiary/aromatic N) is 2. The fraction of sp³-hybridized carbons (Fsp3) is 0.600. The summed E-state index contributed by atoms with van der Waals surface area (Å²) < 4.78 is 0. The van der Waals surface area contributed by atoms with E-state index in [4.69, 9.17) is 0 Å². The predicted octanol–water partition coefficient (Wildman–Crippen LogP) is 2.75. The Morgan fingerprint density at radius 3 is 2.72 bits per heavy atom. The number of benzene rings is 1. The van der Waals surface area contributed by atoms with Gasteiger partial charge in [0.15, 0.2) is 5.96 Å². The van der Waals surface area contributed by atoms with E-state index in [1.165, 1.54) is 12.0 Å². The van der Waals surface area contributed by atoms with E-state index in [0.717, 1.165) is 31.9 Å². The number of carbonyl (C=O) groups is 1. The lowest BCUT2D eigenvalue weighted by Crippen LogP contribution is -2.44. The SMILES string of the molecule is CN=C(NCCC(=O)N1CCCCC1C)NCC(C)c1ccccc1. The molecule has 1 fully saturated rings. The average molecular weight is 345 g/mol. The van der Waals surface area contributed by atoms with Crippen molar-refractivity contribution in [2.75, 3.05) is 26.7 Å². The Hall–Kier alpha value is -2.04. The second-order valence-corrected chi connectivity index (χ2v) is 6.87. The fourth-order valence-electron chi connectivity index (χ4n) is 3.27. The third-order valence-electron chi connectivity index (χ3n) is 4.92. The quantitative estimate of drug-likeness (QED) is 0.616. The highest BCUT2D eigenvalue weighted by molar-refractivity contribution is 5.81. The molecule has 0 spiro atoms. The van der Waals surface area contributed by atoms with E-state index in [0.29, 0.717) is 24.9 Å². The van der Waals surface area contributed by atoms with Gasteiger partial charge in [0, 0.05) is 39.1 Å². The van der Waals surface area contributed by atoms with Crippen LogP contribution in [0.2, 0.25) is 0 Å². The Kier molecular flexibility index (Phi) is 7.76. The molecule has 5 nitrogen and oxygen atoms in total. The van der Waals surface area contributed by atoms with Crippen LogP contribution < -0.4 is 10.6 Å². The Morgan fingerprint density at radius 1 is 1.28 bits per heavy atom. The number of guanidine groups is 1. The van der Waals surface area contributed by atoms with Crippen molar-refractivity contribution in [1.82, 2.24) is 15.5 Å². The Morgan fingerprint density at radius 2 is 2.04 bits per heavy atom. The first kappa shape index (κ1) is 19.3. The van der Waals surface area contributed by atoms with Gasteiger partial charge in [-0.2, -0.15) is 0 Å². The number of amides is 1. The molecule has 2 atom stereocenters. The lowest BCUT2D eigenvalue weighted by atomic mass is 10.0. The topological polar surface area (TPSA) is 56.7 Å². The number of hydrogen-bond donors (Lipinski definition) is 2. The predicted molar refractivity (Wildman–Crippen MR) is 104 cm³/mol. The minimum atomic E-state index is 0.243. The second kappa shape index (κ2) is 10.1. The van der Waals surface area contributed by atoms with Crippen LogP contribution in [0.25, 0.3) is 0 Å². The van der Waals surface area contributed by atoms with Crippen LogP contribution in [-0.4, -0.2) is 49.5 Å². The zero-order valence-corrected chi connectivity index (χ0v) is 15.8. The van der Waals surface area contributed by atoms with Gasteiger partial charge in [0.05, 0.1) is 0 Å². The van der Waals surface area contributed by atoms with E-state index in [1.807, 2.05) is 11.0 Å². The molecule has 0 bridgehead atoms. The third-order valence-corrected chi connectivity index (χ3v) is 4.92. The minimum absolute atomic E-state index is 0.243. The van der Waals surface area contributed by atoms with Crippen molar-refractivity contribution < 1.29 is 4.79 Å². The number of piperidine rings is 1. The first-order chi connectivity index (χ1) is 12.1. The maximum atomic E-state index is 12.4. The highest BCUT2D eigenvalue weighted by Gasteiger charge is 2.22. The molecule has 1 saturated heterocycles. The van der Waals surface area contributed by atoms with Crippen LogP contribution in [0.5, 0.6) is 0 Å². The van der Waals surface area contributed by atoms with E-state index in [9.17, 15) is 4.79 Å². The molecule has 1 aromatic rings. The van der Waals surface area contributed by atoms with E-state index in [2.05, 4.69) is 53.7 Å². The second-order valence-electron chi connectivity index (χ2n) is 6.87.